The first-order chi connectivity index (χ1) is 18.5. The van der Waals surface area contributed by atoms with Crippen LogP contribution in [0, 0.1) is 11.8 Å². The number of aryl methyl sites for hydroxylation is 1. The van der Waals surface area contributed by atoms with Crippen molar-refractivity contribution in [1.82, 2.24) is 29.5 Å². The summed E-state index contributed by atoms with van der Waals surface area (Å²) in [5.41, 5.74) is 0.884. The zero-order valence-corrected chi connectivity index (χ0v) is 22.6. The second-order valence-corrected chi connectivity index (χ2v) is 10.3. The molecule has 1 aliphatic rings. The molecule has 1 aliphatic heterocycles. The normalized spacial score (nSPS) is 19.6. The summed E-state index contributed by atoms with van der Waals surface area (Å²) in [6.07, 6.45) is 4.75. The summed E-state index contributed by atoms with van der Waals surface area (Å²) in [6, 6.07) is 6.82. The van der Waals surface area contributed by atoms with Crippen LogP contribution in [0.1, 0.15) is 32.6 Å². The predicted molar refractivity (Wildman–Crippen MR) is 147 cm³/mol. The number of rotatable bonds is 6. The molecule has 204 valence electrons. The van der Waals surface area contributed by atoms with Crippen LogP contribution >= 0.6 is 11.6 Å². The highest BCUT2D eigenvalue weighted by atomic mass is 35.5. The van der Waals surface area contributed by atoms with E-state index in [2.05, 4.69) is 35.6 Å². The molecule has 1 aromatic carbocycles. The molecule has 10 nitrogen and oxygen atoms in total. The molecule has 0 spiro atoms. The van der Waals surface area contributed by atoms with Gasteiger partial charge in [-0.2, -0.15) is 9.97 Å². The largest absolute Gasteiger partial charge is 0.360 e. The van der Waals surface area contributed by atoms with Gasteiger partial charge in [0.2, 0.25) is 5.95 Å². The first kappa shape index (κ1) is 26.7. The lowest BCUT2D eigenvalue weighted by Gasteiger charge is -2.41. The van der Waals surface area contributed by atoms with Crippen molar-refractivity contribution in [3.63, 3.8) is 0 Å². The van der Waals surface area contributed by atoms with E-state index in [-0.39, 0.29) is 24.2 Å². The zero-order chi connectivity index (χ0) is 27.9. The lowest BCUT2D eigenvalue weighted by molar-refractivity contribution is -0.105. The first-order valence-corrected chi connectivity index (χ1v) is 12.9. The fourth-order valence-electron chi connectivity index (χ4n) is 4.71. The van der Waals surface area contributed by atoms with Crippen molar-refractivity contribution < 1.29 is 8.78 Å². The molecule has 13 heteroatoms. The van der Waals surface area contributed by atoms with E-state index in [1.54, 1.807) is 42.5 Å². The van der Waals surface area contributed by atoms with Gasteiger partial charge in [-0.1, -0.05) is 25.4 Å². The Bertz CT molecular complexity index is 1550. The van der Waals surface area contributed by atoms with Crippen molar-refractivity contribution in [1.29, 1.82) is 0 Å². The van der Waals surface area contributed by atoms with Crippen molar-refractivity contribution >= 4 is 45.8 Å². The van der Waals surface area contributed by atoms with Crippen LogP contribution in [0.25, 0.3) is 10.9 Å². The molecule has 1 unspecified atom stereocenters. The molecule has 0 bridgehead atoms. The number of nitrogens with zero attached hydrogens (tertiary/aromatic N) is 7. The third-order valence-electron chi connectivity index (χ3n) is 7.01. The van der Waals surface area contributed by atoms with Crippen LogP contribution in [-0.2, 0) is 7.05 Å². The van der Waals surface area contributed by atoms with Gasteiger partial charge in [-0.3, -0.25) is 4.57 Å². The Hall–Kier alpha value is -3.93. The topological polar surface area (TPSA) is 114 Å². The van der Waals surface area contributed by atoms with E-state index < -0.39 is 23.4 Å². The van der Waals surface area contributed by atoms with Crippen molar-refractivity contribution in [3.05, 3.63) is 64.2 Å². The van der Waals surface area contributed by atoms with Crippen molar-refractivity contribution in [2.24, 2.45) is 18.9 Å². The van der Waals surface area contributed by atoms with Crippen LogP contribution in [0.5, 0.6) is 0 Å². The molecular formula is C26H28ClF2N9O. The van der Waals surface area contributed by atoms with Crippen molar-refractivity contribution in [3.8, 4) is 0 Å². The standard InChI is InChI=1S/C26H28ClF2N9O/c1-14-12-38(13-15(2)26(14,28)29)24-32-11-19(27)23(35-24)34-17-6-7-20-18(10-17)22(36-25(39)37(20)4)33-16(3)21-30-8-5-9-31-21/h5-11,14-16H,12-13H2,1-4H3,(H,32,34,35)(H,33,36,39)/t14-,15+,16?. The highest BCUT2D eigenvalue weighted by Gasteiger charge is 2.47. The van der Waals surface area contributed by atoms with Gasteiger partial charge in [0.25, 0.3) is 5.92 Å². The number of hydrogen-bond donors (Lipinski definition) is 2. The Morgan fingerprint density at radius 1 is 1.08 bits per heavy atom. The molecule has 5 rings (SSSR count). The average Bonchev–Trinajstić information content (AvgIpc) is 2.92. The molecule has 3 atom stereocenters. The molecule has 1 fully saturated rings. The average molecular weight is 556 g/mol. The van der Waals surface area contributed by atoms with Gasteiger partial charge in [0, 0.05) is 55.4 Å². The van der Waals surface area contributed by atoms with E-state index >= 15 is 0 Å². The second kappa shape index (κ2) is 10.3. The third kappa shape index (κ3) is 5.20. The molecule has 3 aromatic heterocycles. The molecule has 39 heavy (non-hydrogen) atoms. The number of aromatic nitrogens is 6. The van der Waals surface area contributed by atoms with Gasteiger partial charge in [-0.05, 0) is 31.2 Å². The number of anilines is 4. The number of hydrogen-bond acceptors (Lipinski definition) is 9. The van der Waals surface area contributed by atoms with Gasteiger partial charge < -0.3 is 15.5 Å². The second-order valence-electron chi connectivity index (χ2n) is 9.88. The van der Waals surface area contributed by atoms with Gasteiger partial charge >= 0.3 is 5.69 Å². The molecule has 4 aromatic rings. The van der Waals surface area contributed by atoms with Gasteiger partial charge in [0.1, 0.15) is 16.7 Å². The molecule has 4 heterocycles. The summed E-state index contributed by atoms with van der Waals surface area (Å²) in [5.74, 6) is -2.85. The Morgan fingerprint density at radius 3 is 2.46 bits per heavy atom. The van der Waals surface area contributed by atoms with E-state index in [1.807, 2.05) is 13.0 Å². The first-order valence-electron chi connectivity index (χ1n) is 12.5. The summed E-state index contributed by atoms with van der Waals surface area (Å²) < 4.78 is 30.2. The fraction of sp³-hybridized carbons (Fsp3) is 0.385. The van der Waals surface area contributed by atoms with Crippen molar-refractivity contribution in [2.75, 3.05) is 28.6 Å². The summed E-state index contributed by atoms with van der Waals surface area (Å²) >= 11 is 6.41. The third-order valence-corrected chi connectivity index (χ3v) is 7.29. The quantitative estimate of drug-likeness (QED) is 0.346. The lowest BCUT2D eigenvalue weighted by atomic mass is 9.87. The predicted octanol–water partition coefficient (Wildman–Crippen LogP) is 4.81. The van der Waals surface area contributed by atoms with Crippen LogP contribution in [0.2, 0.25) is 5.02 Å². The Labute approximate surface area is 228 Å². The smallest absolute Gasteiger partial charge is 0.349 e. The van der Waals surface area contributed by atoms with E-state index in [4.69, 9.17) is 11.6 Å². The van der Waals surface area contributed by atoms with E-state index in [0.717, 1.165) is 0 Å². The van der Waals surface area contributed by atoms with Gasteiger partial charge in [-0.25, -0.2) is 28.5 Å². The summed E-state index contributed by atoms with van der Waals surface area (Å²) in [5, 5.41) is 7.39. The zero-order valence-electron chi connectivity index (χ0n) is 21.9. The minimum atomic E-state index is -2.75. The maximum atomic E-state index is 14.4. The van der Waals surface area contributed by atoms with E-state index in [1.165, 1.54) is 24.6 Å². The van der Waals surface area contributed by atoms with Crippen LogP contribution in [0.15, 0.2) is 47.7 Å². The lowest BCUT2D eigenvalue weighted by Crippen LogP contribution is -2.52. The van der Waals surface area contributed by atoms with Gasteiger partial charge in [0.15, 0.2) is 5.82 Å². The molecule has 2 N–H and O–H groups in total. The monoisotopic (exact) mass is 555 g/mol. The molecule has 0 aliphatic carbocycles. The maximum absolute atomic E-state index is 14.4. The number of benzene rings is 1. The molecule has 0 amide bonds. The minimum Gasteiger partial charge on any atom is -0.360 e. The summed E-state index contributed by atoms with van der Waals surface area (Å²) in [4.78, 5) is 35.9. The molecule has 1 saturated heterocycles. The molecule has 0 radical (unpaired) electrons. The van der Waals surface area contributed by atoms with Gasteiger partial charge in [-0.15, -0.1) is 0 Å². The van der Waals surface area contributed by atoms with Crippen LogP contribution in [0.4, 0.5) is 32.1 Å². The molecule has 0 saturated carbocycles. The number of halogens is 3. The highest BCUT2D eigenvalue weighted by molar-refractivity contribution is 6.32. The van der Waals surface area contributed by atoms with E-state index in [9.17, 15) is 13.6 Å². The Morgan fingerprint density at radius 2 is 1.77 bits per heavy atom. The number of piperidine rings is 1. The maximum Gasteiger partial charge on any atom is 0.349 e. The SMILES string of the molecule is CC(Nc1nc(=O)n(C)c2ccc(Nc3nc(N4C[C@@H](C)C(F)(F)[C@@H](C)C4)ncc3Cl)cc12)c1ncccn1. The number of alkyl halides is 2. The number of nitrogens with one attached hydrogen (secondary N) is 2. The van der Waals surface area contributed by atoms with Gasteiger partial charge in [0.05, 0.1) is 17.8 Å². The van der Waals surface area contributed by atoms with Crippen LogP contribution < -0.4 is 21.2 Å². The molecular weight excluding hydrogens is 528 g/mol. The van der Waals surface area contributed by atoms with Crippen LogP contribution in [0.3, 0.4) is 0 Å². The Kier molecular flexibility index (Phi) is 7.06. The van der Waals surface area contributed by atoms with Crippen LogP contribution in [-0.4, -0.2) is 48.5 Å². The Balaban J connectivity index is 1.46. The number of fused-ring (bicyclic) bond motifs is 1. The highest BCUT2D eigenvalue weighted by Crippen LogP contribution is 2.39. The summed E-state index contributed by atoms with van der Waals surface area (Å²) in [7, 11) is 1.65. The van der Waals surface area contributed by atoms with Crippen molar-refractivity contribution in [2.45, 2.75) is 32.7 Å². The fourth-order valence-corrected chi connectivity index (χ4v) is 4.84. The minimum absolute atomic E-state index is 0.131. The summed E-state index contributed by atoms with van der Waals surface area (Å²) in [6.45, 7) is 5.21. The van der Waals surface area contributed by atoms with E-state index in [0.29, 0.717) is 40.0 Å².